The van der Waals surface area contributed by atoms with Crippen LogP contribution in [0.25, 0.3) is 10.1 Å². The molecular formula is C17H13ClN2O4S. The minimum Gasteiger partial charge on any atom is -0.494 e. The number of hydrogen-bond acceptors (Lipinski definition) is 5. The molecule has 25 heavy (non-hydrogen) atoms. The standard InChI is InChI=1S/C17H13ClN2O4S/c1-2-24-11-8-6-10(7-9-11)19-17(21)16-14(18)12-4-3-5-13(20(22)23)15(12)25-16/h3-9H,2H2,1H3,(H,19,21). The molecule has 8 heteroatoms. The van der Waals surface area contributed by atoms with Crippen molar-refractivity contribution < 1.29 is 14.5 Å². The number of rotatable bonds is 5. The normalized spacial score (nSPS) is 10.6. The van der Waals surface area contributed by atoms with Crippen LogP contribution in [0.2, 0.25) is 5.02 Å². The van der Waals surface area contributed by atoms with Crippen LogP contribution in [-0.4, -0.2) is 17.4 Å². The molecule has 0 unspecified atom stereocenters. The van der Waals surface area contributed by atoms with E-state index in [1.54, 1.807) is 36.4 Å². The van der Waals surface area contributed by atoms with Gasteiger partial charge in [0.2, 0.25) is 0 Å². The van der Waals surface area contributed by atoms with E-state index >= 15 is 0 Å². The van der Waals surface area contributed by atoms with Crippen LogP contribution in [0.1, 0.15) is 16.6 Å². The molecular weight excluding hydrogens is 364 g/mol. The number of ether oxygens (including phenoxy) is 1. The lowest BCUT2D eigenvalue weighted by atomic mass is 10.2. The minimum atomic E-state index is -0.483. The first-order valence-corrected chi connectivity index (χ1v) is 8.60. The highest BCUT2D eigenvalue weighted by Crippen LogP contribution is 2.40. The molecule has 1 aromatic heterocycles. The number of thiophene rings is 1. The Hall–Kier alpha value is -2.64. The number of benzene rings is 2. The fraction of sp³-hybridized carbons (Fsp3) is 0.118. The van der Waals surface area contributed by atoms with E-state index < -0.39 is 10.8 Å². The second-order valence-corrected chi connectivity index (χ2v) is 6.47. The van der Waals surface area contributed by atoms with E-state index in [0.717, 1.165) is 11.3 Å². The van der Waals surface area contributed by atoms with E-state index in [9.17, 15) is 14.9 Å². The highest BCUT2D eigenvalue weighted by molar-refractivity contribution is 7.22. The first-order valence-electron chi connectivity index (χ1n) is 7.41. The first-order chi connectivity index (χ1) is 12.0. The van der Waals surface area contributed by atoms with E-state index in [0.29, 0.717) is 28.1 Å². The molecule has 1 N–H and O–H groups in total. The van der Waals surface area contributed by atoms with Crippen LogP contribution in [0.5, 0.6) is 5.75 Å². The Kier molecular flexibility index (Phi) is 4.87. The molecule has 1 heterocycles. The van der Waals surface area contributed by atoms with Crippen molar-refractivity contribution >= 4 is 50.3 Å². The van der Waals surface area contributed by atoms with Crippen LogP contribution in [0.3, 0.4) is 0 Å². The summed E-state index contributed by atoms with van der Waals surface area (Å²) in [5.74, 6) is 0.292. The third kappa shape index (κ3) is 3.42. The number of carbonyl (C=O) groups excluding carboxylic acids is 1. The van der Waals surface area contributed by atoms with Gasteiger partial charge in [-0.3, -0.25) is 14.9 Å². The monoisotopic (exact) mass is 376 g/mol. The highest BCUT2D eigenvalue weighted by Gasteiger charge is 2.22. The molecule has 1 amide bonds. The van der Waals surface area contributed by atoms with Gasteiger partial charge in [-0.25, -0.2) is 0 Å². The van der Waals surface area contributed by atoms with Gasteiger partial charge < -0.3 is 10.1 Å². The van der Waals surface area contributed by atoms with E-state index in [2.05, 4.69) is 5.32 Å². The summed E-state index contributed by atoms with van der Waals surface area (Å²) in [6.45, 7) is 2.44. The number of nitro benzene ring substituents is 1. The molecule has 128 valence electrons. The number of hydrogen-bond donors (Lipinski definition) is 1. The smallest absolute Gasteiger partial charge is 0.287 e. The van der Waals surface area contributed by atoms with Crippen molar-refractivity contribution in [1.82, 2.24) is 0 Å². The van der Waals surface area contributed by atoms with E-state index in [-0.39, 0.29) is 15.6 Å². The summed E-state index contributed by atoms with van der Waals surface area (Å²) < 4.78 is 5.73. The molecule has 3 aromatic rings. The van der Waals surface area contributed by atoms with Crippen LogP contribution in [-0.2, 0) is 0 Å². The summed E-state index contributed by atoms with van der Waals surface area (Å²) in [5.41, 5.74) is 0.515. The quantitative estimate of drug-likeness (QED) is 0.495. The van der Waals surface area contributed by atoms with Gasteiger partial charge in [0.05, 0.1) is 16.6 Å². The molecule has 0 aliphatic carbocycles. The predicted molar refractivity (Wildman–Crippen MR) is 99.1 cm³/mol. The maximum Gasteiger partial charge on any atom is 0.287 e. The lowest BCUT2D eigenvalue weighted by Gasteiger charge is -2.06. The number of carbonyl (C=O) groups is 1. The van der Waals surface area contributed by atoms with Gasteiger partial charge in [0.1, 0.15) is 15.3 Å². The first kappa shape index (κ1) is 17.2. The van der Waals surface area contributed by atoms with Crippen LogP contribution in [0.15, 0.2) is 42.5 Å². The van der Waals surface area contributed by atoms with Crippen molar-refractivity contribution in [1.29, 1.82) is 0 Å². The van der Waals surface area contributed by atoms with Gasteiger partial charge in [-0.1, -0.05) is 23.7 Å². The maximum atomic E-state index is 12.5. The molecule has 0 radical (unpaired) electrons. The molecule has 0 saturated carbocycles. The number of nitro groups is 1. The van der Waals surface area contributed by atoms with Crippen LogP contribution < -0.4 is 10.1 Å². The Balaban J connectivity index is 1.90. The van der Waals surface area contributed by atoms with Crippen molar-refractivity contribution in [3.05, 3.63) is 62.5 Å². The Morgan fingerprint density at radius 1 is 1.28 bits per heavy atom. The minimum absolute atomic E-state index is 0.0653. The average molecular weight is 377 g/mol. The van der Waals surface area contributed by atoms with Crippen molar-refractivity contribution in [3.8, 4) is 5.75 Å². The Labute approximate surface area is 152 Å². The fourth-order valence-corrected chi connectivity index (χ4v) is 3.84. The Morgan fingerprint density at radius 3 is 2.64 bits per heavy atom. The number of anilines is 1. The maximum absolute atomic E-state index is 12.5. The van der Waals surface area contributed by atoms with Gasteiger partial charge in [0.25, 0.3) is 11.6 Å². The molecule has 0 bridgehead atoms. The van der Waals surface area contributed by atoms with E-state index in [4.69, 9.17) is 16.3 Å². The van der Waals surface area contributed by atoms with Crippen molar-refractivity contribution in [2.75, 3.05) is 11.9 Å². The lowest BCUT2D eigenvalue weighted by molar-refractivity contribution is -0.382. The van der Waals surface area contributed by atoms with Crippen molar-refractivity contribution in [2.24, 2.45) is 0 Å². The van der Waals surface area contributed by atoms with E-state index in [1.165, 1.54) is 6.07 Å². The highest BCUT2D eigenvalue weighted by atomic mass is 35.5. The topological polar surface area (TPSA) is 81.5 Å². The lowest BCUT2D eigenvalue weighted by Crippen LogP contribution is -2.10. The molecule has 2 aromatic carbocycles. The van der Waals surface area contributed by atoms with Crippen LogP contribution in [0.4, 0.5) is 11.4 Å². The molecule has 0 atom stereocenters. The second-order valence-electron chi connectivity index (χ2n) is 5.07. The van der Waals surface area contributed by atoms with Crippen LogP contribution >= 0.6 is 22.9 Å². The van der Waals surface area contributed by atoms with Gasteiger partial charge in [0.15, 0.2) is 0 Å². The summed E-state index contributed by atoms with van der Waals surface area (Å²) in [6.07, 6.45) is 0. The largest absolute Gasteiger partial charge is 0.494 e. The van der Waals surface area contributed by atoms with Crippen LogP contribution in [0, 0.1) is 10.1 Å². The van der Waals surface area contributed by atoms with Gasteiger partial charge in [-0.15, -0.1) is 11.3 Å². The van der Waals surface area contributed by atoms with Gasteiger partial charge >= 0.3 is 0 Å². The predicted octanol–water partition coefficient (Wildman–Crippen LogP) is 5.11. The number of nitrogens with one attached hydrogen (secondary N) is 1. The van der Waals surface area contributed by atoms with Crippen molar-refractivity contribution in [3.63, 3.8) is 0 Å². The third-order valence-corrected chi connectivity index (χ3v) is 5.19. The summed E-state index contributed by atoms with van der Waals surface area (Å²) in [5, 5.41) is 14.6. The summed E-state index contributed by atoms with van der Waals surface area (Å²) >= 11 is 7.28. The van der Waals surface area contributed by atoms with Gasteiger partial charge in [0, 0.05) is 17.1 Å². The number of halogens is 1. The summed E-state index contributed by atoms with van der Waals surface area (Å²) in [6, 6.07) is 11.5. The zero-order valence-corrected chi connectivity index (χ0v) is 14.7. The zero-order valence-electron chi connectivity index (χ0n) is 13.1. The number of fused-ring (bicyclic) bond motifs is 1. The number of amides is 1. The van der Waals surface area contributed by atoms with E-state index in [1.807, 2.05) is 6.92 Å². The van der Waals surface area contributed by atoms with Gasteiger partial charge in [-0.2, -0.15) is 0 Å². The summed E-state index contributed by atoms with van der Waals surface area (Å²) in [7, 11) is 0. The molecule has 0 saturated heterocycles. The van der Waals surface area contributed by atoms with Gasteiger partial charge in [-0.05, 0) is 31.2 Å². The molecule has 0 fully saturated rings. The zero-order chi connectivity index (χ0) is 18.0. The Morgan fingerprint density at radius 2 is 2.00 bits per heavy atom. The van der Waals surface area contributed by atoms with Crippen molar-refractivity contribution in [2.45, 2.75) is 6.92 Å². The summed E-state index contributed by atoms with van der Waals surface area (Å²) in [4.78, 5) is 23.4. The molecule has 3 rings (SSSR count). The average Bonchev–Trinajstić information content (AvgIpc) is 2.94. The third-order valence-electron chi connectivity index (χ3n) is 3.46. The fourth-order valence-electron chi connectivity index (χ4n) is 2.35. The SMILES string of the molecule is CCOc1ccc(NC(=O)c2sc3c([N+](=O)[O-])cccc3c2Cl)cc1. The molecule has 0 aliphatic heterocycles. The molecule has 0 spiro atoms. The number of non-ortho nitro benzene ring substituents is 1. The number of nitrogens with zero attached hydrogens (tertiary/aromatic N) is 1. The second kappa shape index (κ2) is 7.08. The molecule has 6 nitrogen and oxygen atoms in total. The molecule has 0 aliphatic rings. The Bertz CT molecular complexity index is 953.